The lowest BCUT2D eigenvalue weighted by atomic mass is 9.83. The van der Waals surface area contributed by atoms with Crippen molar-refractivity contribution in [3.8, 4) is 0 Å². The topological polar surface area (TPSA) is 37.1 Å². The molecule has 0 aromatic rings. The Hall–Kier alpha value is -1.25. The summed E-state index contributed by atoms with van der Waals surface area (Å²) in [5.41, 5.74) is 2.41. The van der Waals surface area contributed by atoms with Crippen LogP contribution in [-0.2, 0) is 0 Å². The van der Waals surface area contributed by atoms with E-state index < -0.39 is 0 Å². The zero-order valence-corrected chi connectivity index (χ0v) is 7.23. The highest BCUT2D eigenvalue weighted by atomic mass is 15.4. The average Bonchev–Trinajstić information content (AvgIpc) is 2.12. The van der Waals surface area contributed by atoms with Crippen molar-refractivity contribution in [3.05, 3.63) is 23.4 Å². The summed E-state index contributed by atoms with van der Waals surface area (Å²) < 4.78 is 0. The molecule has 0 N–H and O–H groups in total. The van der Waals surface area contributed by atoms with Gasteiger partial charge in [-0.3, -0.25) is 0 Å². The molecule has 0 bridgehead atoms. The van der Waals surface area contributed by atoms with Crippen molar-refractivity contribution in [1.82, 2.24) is 0 Å². The van der Waals surface area contributed by atoms with Crippen LogP contribution in [0.25, 0.3) is 0 Å². The van der Waals surface area contributed by atoms with Crippen LogP contribution in [-0.4, -0.2) is 6.21 Å². The quantitative estimate of drug-likeness (QED) is 0.523. The molecule has 0 aromatic carbocycles. The van der Waals surface area contributed by atoms with Crippen LogP contribution in [0, 0.1) is 11.8 Å². The summed E-state index contributed by atoms with van der Waals surface area (Å²) in [6.45, 7) is 4.33. The Morgan fingerprint density at radius 3 is 3.00 bits per heavy atom. The van der Waals surface area contributed by atoms with Gasteiger partial charge in [0.2, 0.25) is 0 Å². The van der Waals surface area contributed by atoms with Crippen LogP contribution in [0.15, 0.2) is 38.9 Å². The molecule has 0 amide bonds. The van der Waals surface area contributed by atoms with E-state index in [4.69, 9.17) is 0 Å². The molecular weight excluding hydrogens is 150 g/mol. The van der Waals surface area contributed by atoms with Crippen molar-refractivity contribution in [1.29, 1.82) is 0 Å². The Morgan fingerprint density at radius 1 is 1.33 bits per heavy atom. The molecule has 3 nitrogen and oxygen atoms in total. The summed E-state index contributed by atoms with van der Waals surface area (Å²) in [7, 11) is 0. The molecule has 1 aliphatic heterocycles. The molecular formula is C9H11N3. The second kappa shape index (κ2) is 2.66. The second-order valence-electron chi connectivity index (χ2n) is 3.27. The summed E-state index contributed by atoms with van der Waals surface area (Å²) in [6.07, 6.45) is 6.00. The van der Waals surface area contributed by atoms with Gasteiger partial charge in [0.25, 0.3) is 0 Å². The number of allylic oxidation sites excluding steroid dienone is 4. The first-order chi connectivity index (χ1) is 5.79. The fourth-order valence-corrected chi connectivity index (χ4v) is 1.50. The lowest BCUT2D eigenvalue weighted by molar-refractivity contribution is 0.558. The van der Waals surface area contributed by atoms with Gasteiger partial charge in [-0.2, -0.15) is 0 Å². The van der Waals surface area contributed by atoms with Gasteiger partial charge in [-0.15, -0.1) is 10.2 Å². The number of nitrogens with zero attached hydrogens (tertiary/aromatic N) is 3. The maximum absolute atomic E-state index is 3.98. The van der Waals surface area contributed by atoms with Crippen molar-refractivity contribution >= 4 is 6.21 Å². The van der Waals surface area contributed by atoms with Gasteiger partial charge in [-0.05, 0) is 24.1 Å². The lowest BCUT2D eigenvalue weighted by Gasteiger charge is -2.24. The van der Waals surface area contributed by atoms with Crippen LogP contribution < -0.4 is 0 Å². The monoisotopic (exact) mass is 161 g/mol. The Labute approximate surface area is 71.6 Å². The summed E-state index contributed by atoms with van der Waals surface area (Å²) in [5.74, 6) is 0.848. The van der Waals surface area contributed by atoms with Gasteiger partial charge in [0, 0.05) is 12.1 Å². The Bertz CT molecular complexity index is 310. The van der Waals surface area contributed by atoms with Crippen LogP contribution >= 0.6 is 0 Å². The van der Waals surface area contributed by atoms with E-state index in [1.807, 2.05) is 12.3 Å². The molecule has 1 heterocycles. The zero-order chi connectivity index (χ0) is 8.55. The number of fused-ring (bicyclic) bond motifs is 1. The fourth-order valence-electron chi connectivity index (χ4n) is 1.50. The molecule has 2 rings (SSSR count). The molecule has 0 radical (unpaired) electrons. The summed E-state index contributed by atoms with van der Waals surface area (Å²) in [5, 5.41) is 11.4. The molecule has 2 unspecified atom stereocenters. The van der Waals surface area contributed by atoms with Crippen LogP contribution in [0.3, 0.4) is 0 Å². The SMILES string of the molecule is CC1=CC=C2N=NN=CC2C1C. The molecule has 0 fully saturated rings. The molecule has 12 heavy (non-hydrogen) atoms. The molecule has 0 spiro atoms. The first-order valence-electron chi connectivity index (χ1n) is 4.11. The van der Waals surface area contributed by atoms with Gasteiger partial charge in [-0.25, -0.2) is 0 Å². The van der Waals surface area contributed by atoms with Crippen molar-refractivity contribution < 1.29 is 0 Å². The minimum Gasteiger partial charge on any atom is -0.142 e. The van der Waals surface area contributed by atoms with Gasteiger partial charge in [-0.1, -0.05) is 18.6 Å². The standard InChI is InChI=1S/C9H11N3/c1-6-3-4-9-8(7(6)2)5-10-12-11-9/h3-5,7-8H,1-2H3. The molecule has 1 aliphatic carbocycles. The van der Waals surface area contributed by atoms with E-state index in [2.05, 4.69) is 35.4 Å². The largest absolute Gasteiger partial charge is 0.142 e. The third-order valence-electron chi connectivity index (χ3n) is 2.55. The van der Waals surface area contributed by atoms with E-state index in [0.29, 0.717) is 11.8 Å². The molecule has 2 aliphatic rings. The average molecular weight is 161 g/mol. The Kier molecular flexibility index (Phi) is 1.64. The van der Waals surface area contributed by atoms with Crippen LogP contribution in [0.5, 0.6) is 0 Å². The van der Waals surface area contributed by atoms with Gasteiger partial charge in [0.1, 0.15) is 0 Å². The van der Waals surface area contributed by atoms with E-state index in [9.17, 15) is 0 Å². The maximum Gasteiger partial charge on any atom is 0.0739 e. The van der Waals surface area contributed by atoms with Gasteiger partial charge in [0.15, 0.2) is 0 Å². The number of rotatable bonds is 0. The van der Waals surface area contributed by atoms with Crippen molar-refractivity contribution in [2.45, 2.75) is 13.8 Å². The molecule has 2 atom stereocenters. The van der Waals surface area contributed by atoms with E-state index in [-0.39, 0.29) is 0 Å². The highest BCUT2D eigenvalue weighted by molar-refractivity contribution is 5.67. The predicted molar refractivity (Wildman–Crippen MR) is 47.8 cm³/mol. The van der Waals surface area contributed by atoms with Gasteiger partial charge in [0.05, 0.1) is 5.70 Å². The maximum atomic E-state index is 3.98. The zero-order valence-electron chi connectivity index (χ0n) is 7.23. The summed E-state index contributed by atoms with van der Waals surface area (Å²) >= 11 is 0. The number of hydrogen-bond acceptors (Lipinski definition) is 3. The van der Waals surface area contributed by atoms with Crippen molar-refractivity contribution in [2.24, 2.45) is 27.3 Å². The summed E-state index contributed by atoms with van der Waals surface area (Å²) in [4.78, 5) is 0. The highest BCUT2D eigenvalue weighted by Gasteiger charge is 2.25. The molecule has 62 valence electrons. The molecule has 3 heteroatoms. The Balaban J connectivity index is 2.39. The third kappa shape index (κ3) is 1.02. The Morgan fingerprint density at radius 2 is 2.17 bits per heavy atom. The predicted octanol–water partition coefficient (Wildman–Crippen LogP) is 2.53. The van der Waals surface area contributed by atoms with Crippen LogP contribution in [0.4, 0.5) is 0 Å². The summed E-state index contributed by atoms with van der Waals surface area (Å²) in [6, 6.07) is 0. The van der Waals surface area contributed by atoms with E-state index in [0.717, 1.165) is 5.70 Å². The first-order valence-corrected chi connectivity index (χ1v) is 4.11. The van der Waals surface area contributed by atoms with Gasteiger partial charge < -0.3 is 0 Å². The molecule has 0 saturated heterocycles. The highest BCUT2D eigenvalue weighted by Crippen LogP contribution is 2.31. The van der Waals surface area contributed by atoms with Crippen molar-refractivity contribution in [2.75, 3.05) is 0 Å². The smallest absolute Gasteiger partial charge is 0.0739 e. The molecule has 0 aromatic heterocycles. The van der Waals surface area contributed by atoms with Crippen LogP contribution in [0.1, 0.15) is 13.8 Å². The lowest BCUT2D eigenvalue weighted by Crippen LogP contribution is -2.19. The van der Waals surface area contributed by atoms with Crippen LogP contribution in [0.2, 0.25) is 0 Å². The van der Waals surface area contributed by atoms with Gasteiger partial charge >= 0.3 is 0 Å². The van der Waals surface area contributed by atoms with E-state index in [1.165, 1.54) is 5.57 Å². The normalized spacial score (nSPS) is 32.5. The van der Waals surface area contributed by atoms with Crippen molar-refractivity contribution in [3.63, 3.8) is 0 Å². The first kappa shape index (κ1) is 7.40. The minimum absolute atomic E-state index is 0.340. The second-order valence-corrected chi connectivity index (χ2v) is 3.27. The minimum atomic E-state index is 0.340. The third-order valence-corrected chi connectivity index (χ3v) is 2.55. The van der Waals surface area contributed by atoms with E-state index in [1.54, 1.807) is 0 Å². The molecule has 0 saturated carbocycles. The fraction of sp³-hybridized carbons (Fsp3) is 0.444. The van der Waals surface area contributed by atoms with E-state index >= 15 is 0 Å². The number of hydrogen-bond donors (Lipinski definition) is 0.